The van der Waals surface area contributed by atoms with Gasteiger partial charge >= 0.3 is 5.97 Å². The number of primary amides is 1. The number of nitrogens with two attached hydrogens (primary N) is 4. The van der Waals surface area contributed by atoms with Crippen LogP contribution in [0.3, 0.4) is 0 Å². The second-order valence-corrected chi connectivity index (χ2v) is 7.34. The quantitative estimate of drug-likeness (QED) is 0.0455. The van der Waals surface area contributed by atoms with Gasteiger partial charge in [0.25, 0.3) is 0 Å². The maximum Gasteiger partial charge on any atom is 0.327 e. The molecule has 0 aliphatic rings. The Morgan fingerprint density at radius 2 is 1.38 bits per heavy atom. The van der Waals surface area contributed by atoms with Crippen molar-refractivity contribution < 1.29 is 29.1 Å². The van der Waals surface area contributed by atoms with Crippen molar-refractivity contribution in [1.29, 1.82) is 0 Å². The number of carbonyl (C=O) groups is 5. The van der Waals surface area contributed by atoms with E-state index in [1.807, 2.05) is 0 Å². The second-order valence-electron chi connectivity index (χ2n) is 6.61. The van der Waals surface area contributed by atoms with Crippen molar-refractivity contribution in [3.63, 3.8) is 0 Å². The monoisotopic (exact) mass is 494 g/mol. The van der Waals surface area contributed by atoms with Gasteiger partial charge < -0.3 is 44.0 Å². The highest BCUT2D eigenvalue weighted by molar-refractivity contribution is 7.80. The van der Waals surface area contributed by atoms with E-state index in [0.29, 0.717) is 0 Å². The van der Waals surface area contributed by atoms with Crippen LogP contribution < -0.4 is 38.9 Å². The van der Waals surface area contributed by atoms with Gasteiger partial charge in [0.2, 0.25) is 23.6 Å². The summed E-state index contributed by atoms with van der Waals surface area (Å²) < 4.78 is 0. The Balaban J connectivity index is 5.49. The first-order valence-corrected chi connectivity index (χ1v) is 10.6. The van der Waals surface area contributed by atoms with Crippen LogP contribution in [0.15, 0.2) is 4.99 Å². The van der Waals surface area contributed by atoms with Crippen LogP contribution in [0, 0.1) is 0 Å². The largest absolute Gasteiger partial charge is 0.480 e. The van der Waals surface area contributed by atoms with E-state index in [-0.39, 0.29) is 36.9 Å². The summed E-state index contributed by atoms with van der Waals surface area (Å²) in [5, 5.41) is 16.0. The van der Waals surface area contributed by atoms with Gasteiger partial charge in [-0.05, 0) is 12.8 Å². The van der Waals surface area contributed by atoms with Crippen molar-refractivity contribution in [1.82, 2.24) is 16.0 Å². The maximum atomic E-state index is 12.7. The van der Waals surface area contributed by atoms with E-state index in [0.717, 1.165) is 0 Å². The van der Waals surface area contributed by atoms with Crippen molar-refractivity contribution in [2.24, 2.45) is 27.9 Å². The summed E-state index contributed by atoms with van der Waals surface area (Å²) in [5.74, 6) is -5.07. The molecule has 4 unspecified atom stereocenters. The molecular weight excluding hydrogens is 464 g/mol. The van der Waals surface area contributed by atoms with E-state index >= 15 is 0 Å². The Hall–Kier alpha value is -2.72. The van der Waals surface area contributed by atoms with Crippen LogP contribution in [0.2, 0.25) is 0 Å². The average molecular weight is 495 g/mol. The van der Waals surface area contributed by atoms with Gasteiger partial charge in [-0.1, -0.05) is 0 Å². The second kappa shape index (κ2) is 15.1. The van der Waals surface area contributed by atoms with Crippen LogP contribution in [-0.4, -0.2) is 82.9 Å². The van der Waals surface area contributed by atoms with E-state index < -0.39 is 60.2 Å². The fraction of sp³-hybridized carbons (Fsp3) is 0.625. The molecule has 16 heteroatoms. The van der Waals surface area contributed by atoms with E-state index in [9.17, 15) is 24.0 Å². The predicted octanol–water partition coefficient (Wildman–Crippen LogP) is -4.36. The minimum atomic E-state index is -1.42. The molecule has 0 spiro atoms. The first-order valence-electron chi connectivity index (χ1n) is 9.37. The molecule has 12 N–H and O–H groups in total. The first kappa shape index (κ1) is 29.3. The van der Waals surface area contributed by atoms with Crippen LogP contribution in [0.5, 0.6) is 0 Å². The number of carboxylic acids is 1. The third-order valence-electron chi connectivity index (χ3n) is 3.95. The van der Waals surface area contributed by atoms with Gasteiger partial charge in [-0.25, -0.2) is 4.79 Å². The average Bonchev–Trinajstić information content (AvgIpc) is 2.71. The van der Waals surface area contributed by atoms with Gasteiger partial charge in [0.15, 0.2) is 5.96 Å². The summed E-state index contributed by atoms with van der Waals surface area (Å²) in [6.45, 7) is 0.134. The Labute approximate surface area is 195 Å². The fourth-order valence-corrected chi connectivity index (χ4v) is 2.69. The normalized spacial score (nSPS) is 14.2. The molecule has 0 fully saturated rings. The highest BCUT2D eigenvalue weighted by Crippen LogP contribution is 2.03. The smallest absolute Gasteiger partial charge is 0.327 e. The number of guanidine groups is 1. The standard InChI is InChI=1S/C16H30N8O6S2/c17-7(5-31)12(26)23-9(4-11(18)25)14(28)22-8(2-1-3-21-16(19)20)13(27)24-10(6-32)15(29)30/h7-10,31-32H,1-6,17H2,(H2,18,25)(H,22,28)(H,23,26)(H,24,27)(H,29,30)(H4,19,20,21). The molecule has 0 radical (unpaired) electrons. The van der Waals surface area contributed by atoms with Crippen molar-refractivity contribution in [2.45, 2.75) is 43.4 Å². The molecule has 0 aromatic heterocycles. The summed E-state index contributed by atoms with van der Waals surface area (Å²) in [6.07, 6.45) is -0.305. The first-order chi connectivity index (χ1) is 14.9. The van der Waals surface area contributed by atoms with Crippen molar-refractivity contribution in [2.75, 3.05) is 18.1 Å². The molecule has 0 saturated heterocycles. The van der Waals surface area contributed by atoms with Crippen LogP contribution in [0.1, 0.15) is 19.3 Å². The number of thiol groups is 2. The zero-order chi connectivity index (χ0) is 24.8. The zero-order valence-corrected chi connectivity index (χ0v) is 19.0. The van der Waals surface area contributed by atoms with Gasteiger partial charge in [-0.3, -0.25) is 24.2 Å². The third kappa shape index (κ3) is 11.6. The fourth-order valence-electron chi connectivity index (χ4n) is 2.27. The van der Waals surface area contributed by atoms with Gasteiger partial charge in [0.1, 0.15) is 18.1 Å². The summed E-state index contributed by atoms with van der Waals surface area (Å²) in [4.78, 5) is 63.6. The number of nitrogens with one attached hydrogen (secondary N) is 3. The van der Waals surface area contributed by atoms with Gasteiger partial charge in [0, 0.05) is 18.1 Å². The summed E-state index contributed by atoms with van der Waals surface area (Å²) in [6, 6.07) is -5.01. The highest BCUT2D eigenvalue weighted by atomic mass is 32.1. The molecule has 4 atom stereocenters. The molecule has 0 bridgehead atoms. The Morgan fingerprint density at radius 1 is 0.844 bits per heavy atom. The van der Waals surface area contributed by atoms with Crippen LogP contribution in [-0.2, 0) is 24.0 Å². The Kier molecular flexibility index (Phi) is 13.9. The number of rotatable bonds is 15. The molecule has 4 amide bonds. The van der Waals surface area contributed by atoms with E-state index in [1.54, 1.807) is 0 Å². The predicted molar refractivity (Wildman–Crippen MR) is 123 cm³/mol. The lowest BCUT2D eigenvalue weighted by Crippen LogP contribution is -2.58. The molecule has 14 nitrogen and oxygen atoms in total. The number of aliphatic imine (C=N–C) groups is 1. The van der Waals surface area contributed by atoms with Crippen LogP contribution >= 0.6 is 25.3 Å². The number of carboxylic acid groups (broad SMARTS) is 1. The zero-order valence-electron chi connectivity index (χ0n) is 17.2. The lowest BCUT2D eigenvalue weighted by molar-refractivity contribution is -0.141. The topological polar surface area (TPSA) is 258 Å². The van der Waals surface area contributed by atoms with Gasteiger partial charge in [-0.15, -0.1) is 0 Å². The molecule has 0 aliphatic heterocycles. The number of hydrogen-bond acceptors (Lipinski definition) is 9. The van der Waals surface area contributed by atoms with Crippen molar-refractivity contribution in [3.05, 3.63) is 0 Å². The van der Waals surface area contributed by atoms with Crippen molar-refractivity contribution in [3.8, 4) is 0 Å². The summed E-state index contributed by atoms with van der Waals surface area (Å²) >= 11 is 7.75. The third-order valence-corrected chi connectivity index (χ3v) is 4.71. The molecule has 0 rings (SSSR count). The highest BCUT2D eigenvalue weighted by Gasteiger charge is 2.30. The minimum absolute atomic E-state index is 0.0145. The summed E-state index contributed by atoms with van der Waals surface area (Å²) in [5.41, 5.74) is 21.2. The van der Waals surface area contributed by atoms with E-state index in [4.69, 9.17) is 28.0 Å². The van der Waals surface area contributed by atoms with E-state index in [1.165, 1.54) is 0 Å². The molecule has 32 heavy (non-hydrogen) atoms. The number of carbonyl (C=O) groups excluding carboxylic acids is 4. The molecule has 0 aromatic rings. The summed E-state index contributed by atoms with van der Waals surface area (Å²) in [7, 11) is 0. The van der Waals surface area contributed by atoms with Gasteiger partial charge in [-0.2, -0.15) is 25.3 Å². The SMILES string of the molecule is NC(=O)CC(NC(=O)C(N)CS)C(=O)NC(CCCN=C(N)N)C(=O)NC(CS)C(=O)O. The molecule has 0 saturated carbocycles. The Morgan fingerprint density at radius 3 is 1.84 bits per heavy atom. The van der Waals surface area contributed by atoms with Crippen LogP contribution in [0.25, 0.3) is 0 Å². The molecule has 182 valence electrons. The molecule has 0 heterocycles. The van der Waals surface area contributed by atoms with Crippen molar-refractivity contribution >= 4 is 60.8 Å². The lowest BCUT2D eigenvalue weighted by atomic mass is 10.1. The lowest BCUT2D eigenvalue weighted by Gasteiger charge is -2.24. The van der Waals surface area contributed by atoms with Crippen LogP contribution in [0.4, 0.5) is 0 Å². The molecule has 0 aromatic carbocycles. The molecule has 0 aliphatic carbocycles. The number of hydrogen-bond donors (Lipinski definition) is 10. The minimum Gasteiger partial charge on any atom is -0.480 e. The molecular formula is C16H30N8O6S2. The van der Waals surface area contributed by atoms with Gasteiger partial charge in [0.05, 0.1) is 12.5 Å². The van der Waals surface area contributed by atoms with E-state index in [2.05, 4.69) is 46.2 Å². The maximum absolute atomic E-state index is 12.7. The number of nitrogens with zero attached hydrogens (tertiary/aromatic N) is 1. The number of amides is 4. The number of aliphatic carboxylic acids is 1. The Bertz CT molecular complexity index is 719.